The van der Waals surface area contributed by atoms with Crippen LogP contribution in [0.5, 0.6) is 5.75 Å². The number of carboxylic acid groups (broad SMARTS) is 1. The third-order valence-corrected chi connectivity index (χ3v) is 5.65. The van der Waals surface area contributed by atoms with Crippen LogP contribution in [0, 0.1) is 11.8 Å². The summed E-state index contributed by atoms with van der Waals surface area (Å²) in [6.45, 7) is 6.01. The first kappa shape index (κ1) is 19.4. The maximum Gasteiger partial charge on any atom is 0.511 e. The number of thiophene rings is 1. The van der Waals surface area contributed by atoms with E-state index in [0.29, 0.717) is 5.92 Å². The van der Waals surface area contributed by atoms with Crippen LogP contribution in [-0.4, -0.2) is 33.0 Å². The van der Waals surface area contributed by atoms with Crippen LogP contribution in [0.1, 0.15) is 46.5 Å². The van der Waals surface area contributed by atoms with Crippen molar-refractivity contribution in [2.45, 2.75) is 52.5 Å². The number of carbonyl (C=O) groups excluding carboxylic acids is 1. The lowest BCUT2D eigenvalue weighted by Gasteiger charge is -2.32. The average Bonchev–Trinajstić information content (AvgIpc) is 3.25. The van der Waals surface area contributed by atoms with Gasteiger partial charge in [-0.1, -0.05) is 6.92 Å². The van der Waals surface area contributed by atoms with E-state index in [-0.39, 0.29) is 29.4 Å². The van der Waals surface area contributed by atoms with Gasteiger partial charge >= 0.3 is 6.16 Å². The van der Waals surface area contributed by atoms with Gasteiger partial charge in [0.1, 0.15) is 0 Å². The van der Waals surface area contributed by atoms with Crippen LogP contribution in [0.2, 0.25) is 0 Å². The first-order chi connectivity index (χ1) is 12.9. The van der Waals surface area contributed by atoms with Crippen LogP contribution in [0.25, 0.3) is 5.69 Å². The second-order valence-electron chi connectivity index (χ2n) is 7.37. The van der Waals surface area contributed by atoms with Crippen LogP contribution in [0.3, 0.4) is 0 Å². The summed E-state index contributed by atoms with van der Waals surface area (Å²) in [6, 6.07) is 1.70. The minimum absolute atomic E-state index is 0.0114. The van der Waals surface area contributed by atoms with Crippen LogP contribution in [0.15, 0.2) is 23.0 Å². The number of amides is 1. The van der Waals surface area contributed by atoms with Crippen molar-refractivity contribution < 1.29 is 19.4 Å². The van der Waals surface area contributed by atoms with Gasteiger partial charge in [-0.3, -0.25) is 9.69 Å². The van der Waals surface area contributed by atoms with Gasteiger partial charge in [-0.25, -0.2) is 9.48 Å². The molecule has 0 aromatic carbocycles. The van der Waals surface area contributed by atoms with E-state index in [1.165, 1.54) is 17.5 Å². The van der Waals surface area contributed by atoms with Crippen molar-refractivity contribution in [3.8, 4) is 11.4 Å². The molecule has 0 aliphatic heterocycles. The Hall–Kier alpha value is -2.35. The maximum absolute atomic E-state index is 13.3. The summed E-state index contributed by atoms with van der Waals surface area (Å²) >= 11 is 1.51. The van der Waals surface area contributed by atoms with Gasteiger partial charge in [-0.05, 0) is 56.9 Å². The lowest BCUT2D eigenvalue weighted by Crippen LogP contribution is -2.42. The summed E-state index contributed by atoms with van der Waals surface area (Å²) in [5, 5.41) is 17.4. The van der Waals surface area contributed by atoms with Crippen LogP contribution >= 0.6 is 11.3 Å². The van der Waals surface area contributed by atoms with Gasteiger partial charge in [-0.15, -0.1) is 5.10 Å². The molecule has 0 spiro atoms. The summed E-state index contributed by atoms with van der Waals surface area (Å²) in [5.74, 6) is 0.891. The van der Waals surface area contributed by atoms with Gasteiger partial charge < -0.3 is 9.84 Å². The number of hydrogen-bond donors (Lipinski definition) is 1. The monoisotopic (exact) mass is 391 g/mol. The molecule has 2 aromatic rings. The molecule has 0 saturated heterocycles. The van der Waals surface area contributed by atoms with Crippen molar-refractivity contribution >= 4 is 29.2 Å². The molecule has 1 amide bonds. The summed E-state index contributed by atoms with van der Waals surface area (Å²) in [5.41, 5.74) is 0.795. The van der Waals surface area contributed by atoms with Crippen molar-refractivity contribution in [3.63, 3.8) is 0 Å². The highest BCUT2D eigenvalue weighted by Gasteiger charge is 2.34. The Kier molecular flexibility index (Phi) is 5.84. The topological polar surface area (TPSA) is 84.7 Å². The third-order valence-electron chi connectivity index (χ3n) is 4.98. The molecular weight excluding hydrogens is 366 g/mol. The van der Waals surface area contributed by atoms with Gasteiger partial charge in [-0.2, -0.15) is 11.3 Å². The van der Waals surface area contributed by atoms with Crippen LogP contribution in [-0.2, 0) is 4.79 Å². The van der Waals surface area contributed by atoms with Gasteiger partial charge in [0, 0.05) is 17.3 Å². The van der Waals surface area contributed by atoms with Gasteiger partial charge in [0.05, 0.1) is 11.9 Å². The van der Waals surface area contributed by atoms with Crippen molar-refractivity contribution in [1.29, 1.82) is 0 Å². The fourth-order valence-corrected chi connectivity index (χ4v) is 4.13. The summed E-state index contributed by atoms with van der Waals surface area (Å²) < 4.78 is 6.50. The summed E-state index contributed by atoms with van der Waals surface area (Å²) in [4.78, 5) is 26.0. The molecule has 0 bridgehead atoms. The predicted molar refractivity (Wildman–Crippen MR) is 104 cm³/mol. The van der Waals surface area contributed by atoms with E-state index in [2.05, 4.69) is 12.0 Å². The molecule has 146 valence electrons. The maximum atomic E-state index is 13.3. The number of nitrogens with zero attached hydrogens (tertiary/aromatic N) is 3. The van der Waals surface area contributed by atoms with Crippen molar-refractivity contribution in [2.24, 2.45) is 11.8 Å². The molecular formula is C19H25N3O4S. The van der Waals surface area contributed by atoms with E-state index in [1.54, 1.807) is 9.58 Å². The highest BCUT2D eigenvalue weighted by atomic mass is 32.1. The zero-order valence-electron chi connectivity index (χ0n) is 15.8. The van der Waals surface area contributed by atoms with Crippen molar-refractivity contribution in [1.82, 2.24) is 9.78 Å². The van der Waals surface area contributed by atoms with Crippen LogP contribution < -0.4 is 9.64 Å². The molecule has 1 aliphatic rings. The van der Waals surface area contributed by atoms with Crippen molar-refractivity contribution in [2.75, 3.05) is 4.90 Å². The standard InChI is InChI=1S/C19H25N3O4S/c1-12(2)22(18(23)14-6-4-13(3)5-7-14)17-16(26-19(24)25)10-21(20-17)15-8-9-27-11-15/h8-14H,4-7H2,1-3H3,(H,24,25)/t13-,14-. The molecule has 1 N–H and O–H groups in total. The Balaban J connectivity index is 1.96. The lowest BCUT2D eigenvalue weighted by atomic mass is 9.82. The molecule has 7 nitrogen and oxygen atoms in total. The molecule has 3 rings (SSSR count). The third kappa shape index (κ3) is 4.32. The number of ether oxygens (including phenoxy) is 1. The Labute approximate surface area is 162 Å². The molecule has 0 radical (unpaired) electrons. The van der Waals surface area contributed by atoms with Gasteiger partial charge in [0.25, 0.3) is 0 Å². The molecule has 1 fully saturated rings. The molecule has 1 aliphatic carbocycles. The van der Waals surface area contributed by atoms with E-state index < -0.39 is 6.16 Å². The number of rotatable bonds is 5. The van der Waals surface area contributed by atoms with Gasteiger partial charge in [0.2, 0.25) is 11.7 Å². The Morgan fingerprint density at radius 2 is 2.04 bits per heavy atom. The fourth-order valence-electron chi connectivity index (χ4n) is 3.51. The van der Waals surface area contributed by atoms with E-state index >= 15 is 0 Å². The molecule has 8 heteroatoms. The van der Waals surface area contributed by atoms with E-state index in [9.17, 15) is 9.59 Å². The molecule has 2 heterocycles. The van der Waals surface area contributed by atoms with Crippen molar-refractivity contribution in [3.05, 3.63) is 23.0 Å². The van der Waals surface area contributed by atoms with Gasteiger partial charge in [0.15, 0.2) is 5.75 Å². The molecule has 0 unspecified atom stereocenters. The SMILES string of the molecule is CC(C)N(c1nn(-c2ccsc2)cc1OC(=O)O)C(=O)[C@H]1CC[C@H](C)CC1. The molecule has 27 heavy (non-hydrogen) atoms. The second-order valence-corrected chi connectivity index (χ2v) is 8.15. The summed E-state index contributed by atoms with van der Waals surface area (Å²) in [7, 11) is 0. The molecule has 0 atom stereocenters. The normalized spacial score (nSPS) is 19.9. The fraction of sp³-hybridized carbons (Fsp3) is 0.526. The average molecular weight is 391 g/mol. The largest absolute Gasteiger partial charge is 0.511 e. The zero-order valence-corrected chi connectivity index (χ0v) is 16.6. The summed E-state index contributed by atoms with van der Waals surface area (Å²) in [6.07, 6.45) is 3.85. The van der Waals surface area contributed by atoms with Crippen LogP contribution in [0.4, 0.5) is 10.6 Å². The van der Waals surface area contributed by atoms with E-state index in [4.69, 9.17) is 9.84 Å². The molecule has 2 aromatic heterocycles. The minimum Gasteiger partial charge on any atom is -0.449 e. The number of carbonyl (C=O) groups is 2. The predicted octanol–water partition coefficient (Wildman–Crippen LogP) is 4.56. The molecule has 1 saturated carbocycles. The highest BCUT2D eigenvalue weighted by Crippen LogP contribution is 2.35. The first-order valence-electron chi connectivity index (χ1n) is 9.23. The number of aromatic nitrogens is 2. The van der Waals surface area contributed by atoms with E-state index in [0.717, 1.165) is 31.4 Å². The number of anilines is 1. The Morgan fingerprint density at radius 1 is 1.33 bits per heavy atom. The second kappa shape index (κ2) is 8.12. The smallest absolute Gasteiger partial charge is 0.449 e. The first-order valence-corrected chi connectivity index (χ1v) is 10.2. The zero-order chi connectivity index (χ0) is 19.6. The Bertz CT molecular complexity index is 792. The highest BCUT2D eigenvalue weighted by molar-refractivity contribution is 7.08. The number of hydrogen-bond acceptors (Lipinski definition) is 5. The lowest BCUT2D eigenvalue weighted by molar-refractivity contribution is -0.124. The quantitative estimate of drug-likeness (QED) is 0.755. The Morgan fingerprint density at radius 3 is 2.59 bits per heavy atom. The minimum atomic E-state index is -1.43. The van der Waals surface area contributed by atoms with E-state index in [1.807, 2.05) is 30.7 Å².